The molecule has 4 aliphatic carbocycles. The molecular formula is C30H44O10S. The van der Waals surface area contributed by atoms with E-state index in [0.717, 1.165) is 19.3 Å². The van der Waals surface area contributed by atoms with Crippen LogP contribution in [0.4, 0.5) is 0 Å². The van der Waals surface area contributed by atoms with E-state index in [-0.39, 0.29) is 90.1 Å². The molecule has 1 unspecified atom stereocenters. The van der Waals surface area contributed by atoms with Crippen LogP contribution in [0.5, 0.6) is 0 Å². The number of hydrogen-bond acceptors (Lipinski definition) is 9. The van der Waals surface area contributed by atoms with Crippen molar-refractivity contribution in [2.75, 3.05) is 19.0 Å². The molecule has 11 heteroatoms. The van der Waals surface area contributed by atoms with Gasteiger partial charge in [0.2, 0.25) is 0 Å². The summed E-state index contributed by atoms with van der Waals surface area (Å²) >= 11 is 0. The molecule has 230 valence electrons. The number of Topliss-reactive ketones (excluding diaryl/α,β-unsaturated/α-hetero) is 3. The topological polar surface area (TPSA) is 158 Å². The van der Waals surface area contributed by atoms with Crippen LogP contribution in [0.1, 0.15) is 91.4 Å². The second-order valence-electron chi connectivity index (χ2n) is 13.3. The molecule has 4 saturated carbocycles. The number of carbonyl (C=O) groups is 5. The lowest BCUT2D eigenvalue weighted by molar-refractivity contribution is -0.166. The average Bonchev–Trinajstić information content (AvgIpc) is 3.24. The van der Waals surface area contributed by atoms with Gasteiger partial charge < -0.3 is 9.47 Å². The SMILES string of the molecule is CC(CCC(=O)OCCCC(=O)OCCS(=O)(=O)O)[C@H]1CC[C@H]2[C@@H]3C(=O)C[C@@H]4CC(=O)CC[C@]4(C)[C@H]3CC(=O)[C@]12C. The molecular weight excluding hydrogens is 552 g/mol. The number of ether oxygens (including phenoxy) is 2. The molecule has 0 saturated heterocycles. The van der Waals surface area contributed by atoms with Crippen LogP contribution in [0, 0.1) is 46.3 Å². The minimum absolute atomic E-state index is 0.00768. The predicted molar refractivity (Wildman–Crippen MR) is 147 cm³/mol. The first kappa shape index (κ1) is 31.8. The lowest BCUT2D eigenvalue weighted by atomic mass is 9.44. The third-order valence-electron chi connectivity index (χ3n) is 11.1. The van der Waals surface area contributed by atoms with Crippen molar-refractivity contribution in [2.45, 2.75) is 91.4 Å². The van der Waals surface area contributed by atoms with Crippen molar-refractivity contribution in [1.29, 1.82) is 0 Å². The fraction of sp³-hybridized carbons (Fsp3) is 0.833. The van der Waals surface area contributed by atoms with Crippen molar-refractivity contribution < 1.29 is 46.4 Å². The Labute approximate surface area is 242 Å². The minimum atomic E-state index is -4.20. The average molecular weight is 597 g/mol. The molecule has 0 aromatic rings. The van der Waals surface area contributed by atoms with Crippen molar-refractivity contribution in [3.63, 3.8) is 0 Å². The Morgan fingerprint density at radius 3 is 2.37 bits per heavy atom. The number of esters is 2. The maximum atomic E-state index is 13.9. The summed E-state index contributed by atoms with van der Waals surface area (Å²) in [7, 11) is -4.20. The second-order valence-corrected chi connectivity index (χ2v) is 14.9. The van der Waals surface area contributed by atoms with E-state index in [2.05, 4.69) is 13.8 Å². The van der Waals surface area contributed by atoms with Gasteiger partial charge in [-0.05, 0) is 67.1 Å². The maximum absolute atomic E-state index is 13.9. The van der Waals surface area contributed by atoms with E-state index in [9.17, 15) is 32.4 Å². The third kappa shape index (κ3) is 6.60. The standard InChI is InChI=1S/C30H44O10S/c1-18(6-9-27(35)39-12-4-5-26(34)40-13-14-41(36,37)38)21-7-8-22-28-23(17-25(33)30(21,22)3)29(2)11-10-20(31)15-19(29)16-24(28)32/h18-19,21-23,28H,4-17H2,1-3H3,(H,36,37,38)/t18?,19-,21+,22-,23-,28-,29-,30+/m0/s1. The lowest BCUT2D eigenvalue weighted by Crippen LogP contribution is -2.60. The highest BCUT2D eigenvalue weighted by Gasteiger charge is 2.66. The minimum Gasteiger partial charge on any atom is -0.466 e. The molecule has 4 fully saturated rings. The summed E-state index contributed by atoms with van der Waals surface area (Å²) in [6.45, 7) is 5.91. The lowest BCUT2D eigenvalue weighted by Gasteiger charge is -2.58. The van der Waals surface area contributed by atoms with Gasteiger partial charge in [0.25, 0.3) is 10.1 Å². The Hall–Kier alpha value is -2.14. The molecule has 0 spiro atoms. The van der Waals surface area contributed by atoms with Crippen LogP contribution >= 0.6 is 0 Å². The van der Waals surface area contributed by atoms with E-state index in [1.807, 2.05) is 6.92 Å². The summed E-state index contributed by atoms with van der Waals surface area (Å²) in [5.41, 5.74) is -0.739. The van der Waals surface area contributed by atoms with Gasteiger partial charge in [0, 0.05) is 49.9 Å². The summed E-state index contributed by atoms with van der Waals surface area (Å²) in [5, 5.41) is 0. The fourth-order valence-electron chi connectivity index (χ4n) is 8.74. The van der Waals surface area contributed by atoms with Gasteiger partial charge in [-0.25, -0.2) is 0 Å². The van der Waals surface area contributed by atoms with Gasteiger partial charge in [-0.3, -0.25) is 28.5 Å². The molecule has 1 N–H and O–H groups in total. The van der Waals surface area contributed by atoms with E-state index in [1.165, 1.54) is 0 Å². The molecule has 8 atom stereocenters. The van der Waals surface area contributed by atoms with Crippen molar-refractivity contribution >= 4 is 39.4 Å². The molecule has 0 aromatic carbocycles. The molecule has 4 aliphatic rings. The normalized spacial score (nSPS) is 35.7. The Morgan fingerprint density at radius 2 is 1.66 bits per heavy atom. The van der Waals surface area contributed by atoms with Crippen LogP contribution in [0.25, 0.3) is 0 Å². The van der Waals surface area contributed by atoms with E-state index in [0.29, 0.717) is 32.1 Å². The largest absolute Gasteiger partial charge is 0.466 e. The van der Waals surface area contributed by atoms with Crippen molar-refractivity contribution in [3.8, 4) is 0 Å². The Kier molecular flexibility index (Phi) is 9.48. The smallest absolute Gasteiger partial charge is 0.305 e. The highest BCUT2D eigenvalue weighted by Crippen LogP contribution is 2.66. The molecule has 0 aromatic heterocycles. The predicted octanol–water partition coefficient (Wildman–Crippen LogP) is 3.74. The summed E-state index contributed by atoms with van der Waals surface area (Å²) in [4.78, 5) is 63.6. The molecule has 10 nitrogen and oxygen atoms in total. The maximum Gasteiger partial charge on any atom is 0.305 e. The zero-order chi connectivity index (χ0) is 30.2. The van der Waals surface area contributed by atoms with Crippen LogP contribution in [0.3, 0.4) is 0 Å². The van der Waals surface area contributed by atoms with E-state index < -0.39 is 33.9 Å². The monoisotopic (exact) mass is 596 g/mol. The van der Waals surface area contributed by atoms with Gasteiger partial charge in [-0.1, -0.05) is 20.8 Å². The Bertz CT molecular complexity index is 1180. The zero-order valence-electron chi connectivity index (χ0n) is 24.4. The molecule has 0 aliphatic heterocycles. The number of rotatable bonds is 11. The van der Waals surface area contributed by atoms with E-state index >= 15 is 0 Å². The van der Waals surface area contributed by atoms with Crippen LogP contribution in [-0.4, -0.2) is 61.2 Å². The summed E-state index contributed by atoms with van der Waals surface area (Å²) in [6, 6.07) is 0. The number of hydrogen-bond donors (Lipinski definition) is 1. The first-order valence-electron chi connectivity index (χ1n) is 15.0. The summed E-state index contributed by atoms with van der Waals surface area (Å²) < 4.78 is 39.9. The highest BCUT2D eigenvalue weighted by atomic mass is 32.2. The first-order chi connectivity index (χ1) is 19.2. The number of ketones is 3. The Morgan fingerprint density at radius 1 is 0.976 bits per heavy atom. The van der Waals surface area contributed by atoms with Gasteiger partial charge in [0.05, 0.1) is 6.61 Å². The zero-order valence-corrected chi connectivity index (χ0v) is 25.2. The van der Waals surface area contributed by atoms with Gasteiger partial charge in [0.15, 0.2) is 0 Å². The van der Waals surface area contributed by atoms with E-state index in [4.69, 9.17) is 14.0 Å². The van der Waals surface area contributed by atoms with Gasteiger partial charge in [0.1, 0.15) is 29.7 Å². The van der Waals surface area contributed by atoms with Crippen molar-refractivity contribution in [3.05, 3.63) is 0 Å². The number of fused-ring (bicyclic) bond motifs is 5. The quantitative estimate of drug-likeness (QED) is 0.212. The second kappa shape index (κ2) is 12.2. The third-order valence-corrected chi connectivity index (χ3v) is 11.8. The van der Waals surface area contributed by atoms with Crippen molar-refractivity contribution in [1.82, 2.24) is 0 Å². The van der Waals surface area contributed by atoms with Crippen LogP contribution in [0.2, 0.25) is 0 Å². The fourth-order valence-corrected chi connectivity index (χ4v) is 9.04. The van der Waals surface area contributed by atoms with Gasteiger partial charge in [-0.15, -0.1) is 0 Å². The van der Waals surface area contributed by atoms with E-state index in [1.54, 1.807) is 0 Å². The molecule has 0 amide bonds. The van der Waals surface area contributed by atoms with Crippen LogP contribution < -0.4 is 0 Å². The molecule has 0 heterocycles. The molecule has 0 radical (unpaired) electrons. The highest BCUT2D eigenvalue weighted by molar-refractivity contribution is 7.85. The molecule has 41 heavy (non-hydrogen) atoms. The summed E-state index contributed by atoms with van der Waals surface area (Å²) in [5.74, 6) is -0.896. The first-order valence-corrected chi connectivity index (χ1v) is 16.6. The molecule has 4 rings (SSSR count). The van der Waals surface area contributed by atoms with Crippen LogP contribution in [-0.2, 0) is 43.6 Å². The summed E-state index contributed by atoms with van der Waals surface area (Å²) in [6.07, 6.45) is 5.20. The van der Waals surface area contributed by atoms with Gasteiger partial charge in [-0.2, -0.15) is 8.42 Å². The molecule has 0 bridgehead atoms. The van der Waals surface area contributed by atoms with Gasteiger partial charge >= 0.3 is 11.9 Å². The van der Waals surface area contributed by atoms with Crippen molar-refractivity contribution in [2.24, 2.45) is 46.3 Å². The number of carbonyl (C=O) groups excluding carboxylic acids is 5. The van der Waals surface area contributed by atoms with Crippen LogP contribution in [0.15, 0.2) is 0 Å². The Balaban J connectivity index is 1.27.